The van der Waals surface area contributed by atoms with Crippen molar-refractivity contribution in [1.82, 2.24) is 10.1 Å². The second-order valence-electron chi connectivity index (χ2n) is 4.42. The lowest BCUT2D eigenvalue weighted by Gasteiger charge is -2.05. The van der Waals surface area contributed by atoms with Crippen molar-refractivity contribution < 1.29 is 23.5 Å². The monoisotopic (exact) mass is 306 g/mol. The molecule has 0 spiro atoms. The first kappa shape index (κ1) is 15.8. The molecule has 0 unspecified atom stereocenters. The Kier molecular flexibility index (Phi) is 5.35. The zero-order valence-corrected chi connectivity index (χ0v) is 12.8. The molecule has 0 saturated carbocycles. The molecule has 22 heavy (non-hydrogen) atoms. The summed E-state index contributed by atoms with van der Waals surface area (Å²) < 4.78 is 20.4. The van der Waals surface area contributed by atoms with Crippen LogP contribution < -0.4 is 9.47 Å². The van der Waals surface area contributed by atoms with Gasteiger partial charge in [0.2, 0.25) is 11.7 Å². The molecular formula is C15H18N2O5. The first-order chi connectivity index (χ1) is 10.7. The van der Waals surface area contributed by atoms with Crippen LogP contribution in [0.4, 0.5) is 0 Å². The summed E-state index contributed by atoms with van der Waals surface area (Å²) >= 11 is 0. The van der Waals surface area contributed by atoms with Crippen LogP contribution in [0.2, 0.25) is 0 Å². The third-order valence-electron chi connectivity index (χ3n) is 2.93. The summed E-state index contributed by atoms with van der Waals surface area (Å²) in [6.07, 6.45) is 0.545. The number of methoxy groups -OCH3 is 2. The van der Waals surface area contributed by atoms with Crippen molar-refractivity contribution in [1.29, 1.82) is 0 Å². The van der Waals surface area contributed by atoms with E-state index in [4.69, 9.17) is 18.7 Å². The van der Waals surface area contributed by atoms with E-state index in [2.05, 4.69) is 10.1 Å². The molecule has 7 nitrogen and oxygen atoms in total. The summed E-state index contributed by atoms with van der Waals surface area (Å²) in [5.74, 6) is 1.77. The third-order valence-corrected chi connectivity index (χ3v) is 2.93. The fourth-order valence-corrected chi connectivity index (χ4v) is 1.85. The molecule has 0 bridgehead atoms. The van der Waals surface area contributed by atoms with Crippen LogP contribution in [0, 0.1) is 0 Å². The Morgan fingerprint density at radius 2 is 1.86 bits per heavy atom. The molecule has 118 valence electrons. The SMILES string of the molecule is CCOC(=O)CCc1nc(-c2cc(OC)cc(OC)c2)no1. The van der Waals surface area contributed by atoms with E-state index in [-0.39, 0.29) is 12.4 Å². The number of ether oxygens (including phenoxy) is 3. The van der Waals surface area contributed by atoms with Crippen LogP contribution in [0.1, 0.15) is 19.2 Å². The quantitative estimate of drug-likeness (QED) is 0.725. The van der Waals surface area contributed by atoms with E-state index < -0.39 is 0 Å². The maximum absolute atomic E-state index is 11.3. The van der Waals surface area contributed by atoms with Gasteiger partial charge in [-0.15, -0.1) is 0 Å². The Hall–Kier alpha value is -2.57. The molecule has 2 aromatic rings. The average molecular weight is 306 g/mol. The van der Waals surface area contributed by atoms with Gasteiger partial charge in [-0.2, -0.15) is 4.98 Å². The van der Waals surface area contributed by atoms with Gasteiger partial charge >= 0.3 is 5.97 Å². The van der Waals surface area contributed by atoms with E-state index in [1.807, 2.05) is 0 Å². The Bertz CT molecular complexity index is 616. The van der Waals surface area contributed by atoms with Crippen LogP contribution in [0.15, 0.2) is 22.7 Å². The normalized spacial score (nSPS) is 10.3. The van der Waals surface area contributed by atoms with Gasteiger partial charge in [-0.25, -0.2) is 0 Å². The Labute approximate surface area is 128 Å². The van der Waals surface area contributed by atoms with E-state index in [9.17, 15) is 4.79 Å². The number of aromatic nitrogens is 2. The van der Waals surface area contributed by atoms with Gasteiger partial charge in [0.15, 0.2) is 0 Å². The molecule has 1 aromatic carbocycles. The molecular weight excluding hydrogens is 288 g/mol. The van der Waals surface area contributed by atoms with Gasteiger partial charge in [-0.05, 0) is 19.1 Å². The van der Waals surface area contributed by atoms with Crippen LogP contribution >= 0.6 is 0 Å². The molecule has 0 aliphatic carbocycles. The number of carbonyl (C=O) groups excluding carboxylic acids is 1. The average Bonchev–Trinajstić information content (AvgIpc) is 3.01. The van der Waals surface area contributed by atoms with Gasteiger partial charge in [-0.1, -0.05) is 5.16 Å². The van der Waals surface area contributed by atoms with E-state index in [1.165, 1.54) is 0 Å². The minimum absolute atomic E-state index is 0.205. The molecule has 0 amide bonds. The largest absolute Gasteiger partial charge is 0.497 e. The van der Waals surface area contributed by atoms with Gasteiger partial charge < -0.3 is 18.7 Å². The summed E-state index contributed by atoms with van der Waals surface area (Å²) in [4.78, 5) is 15.6. The van der Waals surface area contributed by atoms with Gasteiger partial charge in [0.1, 0.15) is 11.5 Å². The Morgan fingerprint density at radius 1 is 1.18 bits per heavy atom. The molecule has 0 aliphatic heterocycles. The summed E-state index contributed by atoms with van der Waals surface area (Å²) in [6, 6.07) is 5.32. The number of aryl methyl sites for hydroxylation is 1. The number of carbonyl (C=O) groups is 1. The van der Waals surface area contributed by atoms with Gasteiger partial charge in [-0.3, -0.25) is 4.79 Å². The molecule has 0 saturated heterocycles. The third kappa shape index (κ3) is 3.97. The number of rotatable bonds is 7. The fourth-order valence-electron chi connectivity index (χ4n) is 1.85. The predicted molar refractivity (Wildman–Crippen MR) is 77.8 cm³/mol. The first-order valence-corrected chi connectivity index (χ1v) is 6.88. The smallest absolute Gasteiger partial charge is 0.306 e. The zero-order valence-electron chi connectivity index (χ0n) is 12.8. The lowest BCUT2D eigenvalue weighted by atomic mass is 10.2. The van der Waals surface area contributed by atoms with Gasteiger partial charge in [0.25, 0.3) is 0 Å². The van der Waals surface area contributed by atoms with Crippen LogP contribution in [0.3, 0.4) is 0 Å². The molecule has 0 aliphatic rings. The zero-order chi connectivity index (χ0) is 15.9. The summed E-state index contributed by atoms with van der Waals surface area (Å²) in [7, 11) is 3.14. The van der Waals surface area contributed by atoms with Crippen LogP contribution in [-0.2, 0) is 16.0 Å². The van der Waals surface area contributed by atoms with Crippen molar-refractivity contribution in [3.63, 3.8) is 0 Å². The maximum Gasteiger partial charge on any atom is 0.306 e. The minimum atomic E-state index is -0.287. The number of nitrogens with zero attached hydrogens (tertiary/aromatic N) is 2. The summed E-state index contributed by atoms with van der Waals surface area (Å²) in [6.45, 7) is 2.12. The summed E-state index contributed by atoms with van der Waals surface area (Å²) in [5.41, 5.74) is 0.710. The number of hydrogen-bond acceptors (Lipinski definition) is 7. The Morgan fingerprint density at radius 3 is 2.45 bits per heavy atom. The highest BCUT2D eigenvalue weighted by molar-refractivity contribution is 5.69. The summed E-state index contributed by atoms with van der Waals surface area (Å²) in [5, 5.41) is 3.91. The van der Waals surface area contributed by atoms with Crippen LogP contribution in [0.5, 0.6) is 11.5 Å². The van der Waals surface area contributed by atoms with Crippen molar-refractivity contribution in [3.05, 3.63) is 24.1 Å². The van der Waals surface area contributed by atoms with Crippen molar-refractivity contribution in [2.24, 2.45) is 0 Å². The number of hydrogen-bond donors (Lipinski definition) is 0. The highest BCUT2D eigenvalue weighted by atomic mass is 16.5. The fraction of sp³-hybridized carbons (Fsp3) is 0.400. The lowest BCUT2D eigenvalue weighted by molar-refractivity contribution is -0.143. The molecule has 0 N–H and O–H groups in total. The molecule has 2 rings (SSSR count). The second kappa shape index (κ2) is 7.44. The second-order valence-corrected chi connectivity index (χ2v) is 4.42. The highest BCUT2D eigenvalue weighted by Gasteiger charge is 2.13. The van der Waals surface area contributed by atoms with Crippen molar-refractivity contribution in [2.45, 2.75) is 19.8 Å². The van der Waals surface area contributed by atoms with Crippen molar-refractivity contribution in [2.75, 3.05) is 20.8 Å². The first-order valence-electron chi connectivity index (χ1n) is 6.88. The topological polar surface area (TPSA) is 83.7 Å². The van der Waals surface area contributed by atoms with Crippen LogP contribution in [0.25, 0.3) is 11.4 Å². The maximum atomic E-state index is 11.3. The molecule has 0 fully saturated rings. The van der Waals surface area contributed by atoms with E-state index in [0.29, 0.717) is 41.8 Å². The predicted octanol–water partition coefficient (Wildman–Crippen LogP) is 2.25. The van der Waals surface area contributed by atoms with Gasteiger partial charge in [0, 0.05) is 18.1 Å². The van der Waals surface area contributed by atoms with Crippen molar-refractivity contribution in [3.8, 4) is 22.9 Å². The molecule has 1 aromatic heterocycles. The Balaban J connectivity index is 2.12. The number of benzene rings is 1. The highest BCUT2D eigenvalue weighted by Crippen LogP contribution is 2.28. The lowest BCUT2D eigenvalue weighted by Crippen LogP contribution is -2.05. The minimum Gasteiger partial charge on any atom is -0.497 e. The standard InChI is InChI=1S/C15H18N2O5/c1-4-21-14(18)6-5-13-16-15(17-22-13)10-7-11(19-2)9-12(8-10)20-3/h7-9H,4-6H2,1-3H3. The van der Waals surface area contributed by atoms with Crippen molar-refractivity contribution >= 4 is 5.97 Å². The molecule has 0 atom stereocenters. The molecule has 7 heteroatoms. The van der Waals surface area contributed by atoms with E-state index >= 15 is 0 Å². The van der Waals surface area contributed by atoms with E-state index in [0.717, 1.165) is 0 Å². The number of esters is 1. The van der Waals surface area contributed by atoms with Crippen LogP contribution in [-0.4, -0.2) is 36.9 Å². The van der Waals surface area contributed by atoms with Gasteiger partial charge in [0.05, 0.1) is 27.2 Å². The molecule has 0 radical (unpaired) electrons. The molecule has 1 heterocycles. The van der Waals surface area contributed by atoms with E-state index in [1.54, 1.807) is 39.3 Å².